The number of hydrogen-bond acceptors (Lipinski definition) is 3. The first-order chi connectivity index (χ1) is 10.1. The van der Waals surface area contributed by atoms with E-state index in [-0.39, 0.29) is 0 Å². The van der Waals surface area contributed by atoms with Crippen LogP contribution in [0.3, 0.4) is 0 Å². The van der Waals surface area contributed by atoms with Crippen molar-refractivity contribution in [3.05, 3.63) is 59.7 Å². The summed E-state index contributed by atoms with van der Waals surface area (Å²) in [5.74, 6) is 0.514. The number of aryl methyl sites for hydroxylation is 1. The molecule has 0 aromatic heterocycles. The van der Waals surface area contributed by atoms with E-state index < -0.39 is 5.97 Å². The minimum Gasteiger partial charge on any atom is -0.478 e. The van der Waals surface area contributed by atoms with Crippen LogP contribution in [0.15, 0.2) is 53.4 Å². The first-order valence-corrected chi connectivity index (χ1v) is 7.64. The van der Waals surface area contributed by atoms with Gasteiger partial charge in [-0.2, -0.15) is 0 Å². The van der Waals surface area contributed by atoms with Gasteiger partial charge >= 0.3 is 5.97 Å². The maximum absolute atomic E-state index is 10.6. The molecule has 2 aromatic rings. The lowest BCUT2D eigenvalue weighted by Crippen LogP contribution is -1.89. The molecule has 0 fully saturated rings. The SMILES string of the molecule is CSc1ccc(Oc2cc(/C=C/C(=O)O)ccc2C)cc1. The highest BCUT2D eigenvalue weighted by Crippen LogP contribution is 2.28. The summed E-state index contributed by atoms with van der Waals surface area (Å²) in [5.41, 5.74) is 1.79. The van der Waals surface area contributed by atoms with E-state index in [1.54, 1.807) is 17.8 Å². The van der Waals surface area contributed by atoms with Crippen LogP contribution in [0.4, 0.5) is 0 Å². The Bertz CT molecular complexity index is 660. The van der Waals surface area contributed by atoms with Gasteiger partial charge in [-0.1, -0.05) is 12.1 Å². The van der Waals surface area contributed by atoms with Gasteiger partial charge in [0.25, 0.3) is 0 Å². The second-order valence-electron chi connectivity index (χ2n) is 4.47. The summed E-state index contributed by atoms with van der Waals surface area (Å²) in [6.07, 6.45) is 4.69. The topological polar surface area (TPSA) is 46.5 Å². The Morgan fingerprint density at radius 2 is 1.90 bits per heavy atom. The van der Waals surface area contributed by atoms with E-state index in [9.17, 15) is 4.79 Å². The Morgan fingerprint density at radius 1 is 1.19 bits per heavy atom. The highest BCUT2D eigenvalue weighted by atomic mass is 32.2. The maximum atomic E-state index is 10.6. The highest BCUT2D eigenvalue weighted by Gasteiger charge is 2.03. The zero-order valence-corrected chi connectivity index (χ0v) is 12.7. The molecule has 1 N–H and O–H groups in total. The minimum absolute atomic E-state index is 0.722. The quantitative estimate of drug-likeness (QED) is 0.647. The molecule has 0 saturated carbocycles. The van der Waals surface area contributed by atoms with Crippen molar-refractivity contribution in [3.8, 4) is 11.5 Å². The van der Waals surface area contributed by atoms with Crippen molar-refractivity contribution in [2.45, 2.75) is 11.8 Å². The molecule has 21 heavy (non-hydrogen) atoms. The van der Waals surface area contributed by atoms with Crippen molar-refractivity contribution in [1.82, 2.24) is 0 Å². The van der Waals surface area contributed by atoms with Crippen molar-refractivity contribution in [1.29, 1.82) is 0 Å². The van der Waals surface area contributed by atoms with E-state index in [0.29, 0.717) is 0 Å². The molecular weight excluding hydrogens is 284 g/mol. The molecule has 2 aromatic carbocycles. The van der Waals surface area contributed by atoms with Crippen LogP contribution in [-0.2, 0) is 4.79 Å². The number of aliphatic carboxylic acids is 1. The van der Waals surface area contributed by atoms with Crippen molar-refractivity contribution >= 4 is 23.8 Å². The van der Waals surface area contributed by atoms with Gasteiger partial charge in [0, 0.05) is 11.0 Å². The van der Waals surface area contributed by atoms with Crippen molar-refractivity contribution < 1.29 is 14.6 Å². The third kappa shape index (κ3) is 4.39. The van der Waals surface area contributed by atoms with Gasteiger partial charge in [-0.25, -0.2) is 4.79 Å². The van der Waals surface area contributed by atoms with Crippen LogP contribution in [0.2, 0.25) is 0 Å². The Labute approximate surface area is 128 Å². The summed E-state index contributed by atoms with van der Waals surface area (Å²) in [5, 5.41) is 8.66. The summed E-state index contributed by atoms with van der Waals surface area (Å²) >= 11 is 1.68. The first-order valence-electron chi connectivity index (χ1n) is 6.42. The van der Waals surface area contributed by atoms with Gasteiger partial charge in [0.15, 0.2) is 0 Å². The van der Waals surface area contributed by atoms with Gasteiger partial charge in [-0.3, -0.25) is 0 Å². The molecule has 0 saturated heterocycles. The third-order valence-electron chi connectivity index (χ3n) is 2.92. The molecule has 108 valence electrons. The molecule has 0 amide bonds. The number of thioether (sulfide) groups is 1. The van der Waals surface area contributed by atoms with Crippen LogP contribution >= 0.6 is 11.8 Å². The molecule has 4 heteroatoms. The fourth-order valence-corrected chi connectivity index (χ4v) is 2.18. The number of carboxylic acids is 1. The fourth-order valence-electron chi connectivity index (χ4n) is 1.77. The molecule has 0 spiro atoms. The molecule has 3 nitrogen and oxygen atoms in total. The predicted octanol–water partition coefficient (Wildman–Crippen LogP) is 4.61. The smallest absolute Gasteiger partial charge is 0.328 e. The van der Waals surface area contributed by atoms with Crippen molar-refractivity contribution in [2.24, 2.45) is 0 Å². The van der Waals surface area contributed by atoms with Gasteiger partial charge < -0.3 is 9.84 Å². The lowest BCUT2D eigenvalue weighted by molar-refractivity contribution is -0.131. The molecule has 0 aliphatic carbocycles. The molecule has 0 unspecified atom stereocenters. The van der Waals surface area contributed by atoms with Gasteiger partial charge in [-0.15, -0.1) is 11.8 Å². The van der Waals surface area contributed by atoms with Crippen LogP contribution in [0.1, 0.15) is 11.1 Å². The molecule has 0 heterocycles. The van der Waals surface area contributed by atoms with E-state index >= 15 is 0 Å². The van der Waals surface area contributed by atoms with Gasteiger partial charge in [0.2, 0.25) is 0 Å². The molecule has 0 atom stereocenters. The van der Waals surface area contributed by atoms with E-state index in [0.717, 1.165) is 28.7 Å². The molecule has 0 aliphatic rings. The normalized spacial score (nSPS) is 10.8. The number of ether oxygens (including phenoxy) is 1. The zero-order chi connectivity index (χ0) is 15.2. The average molecular weight is 300 g/mol. The second kappa shape index (κ2) is 6.99. The van der Waals surface area contributed by atoms with E-state index in [4.69, 9.17) is 9.84 Å². The lowest BCUT2D eigenvalue weighted by Gasteiger charge is -2.10. The summed E-state index contributed by atoms with van der Waals surface area (Å²) in [6.45, 7) is 1.95. The van der Waals surface area contributed by atoms with Crippen molar-refractivity contribution in [3.63, 3.8) is 0 Å². The van der Waals surface area contributed by atoms with Crippen LogP contribution in [0, 0.1) is 6.92 Å². The standard InChI is InChI=1S/C17H16O3S/c1-12-3-4-13(5-10-17(18)19)11-16(12)20-14-6-8-15(21-2)9-7-14/h3-11H,1-2H3,(H,18,19)/b10-5+. The Morgan fingerprint density at radius 3 is 2.52 bits per heavy atom. The number of rotatable bonds is 5. The summed E-state index contributed by atoms with van der Waals surface area (Å²) in [4.78, 5) is 11.7. The Kier molecular flexibility index (Phi) is 5.06. The number of carboxylic acid groups (broad SMARTS) is 1. The van der Waals surface area contributed by atoms with Crippen LogP contribution < -0.4 is 4.74 Å². The number of carbonyl (C=O) groups is 1. The summed E-state index contributed by atoms with van der Waals surface area (Å²) < 4.78 is 5.87. The average Bonchev–Trinajstić information content (AvgIpc) is 2.48. The summed E-state index contributed by atoms with van der Waals surface area (Å²) in [6, 6.07) is 13.5. The molecule has 0 aliphatic heterocycles. The molecule has 0 radical (unpaired) electrons. The van der Waals surface area contributed by atoms with E-state index in [2.05, 4.69) is 0 Å². The second-order valence-corrected chi connectivity index (χ2v) is 5.35. The van der Waals surface area contributed by atoms with Gasteiger partial charge in [-0.05, 0) is 60.7 Å². The molecule has 2 rings (SSSR count). The number of hydrogen-bond donors (Lipinski definition) is 1. The first kappa shape index (κ1) is 15.2. The molecular formula is C17H16O3S. The van der Waals surface area contributed by atoms with E-state index in [1.807, 2.05) is 55.6 Å². The largest absolute Gasteiger partial charge is 0.478 e. The third-order valence-corrected chi connectivity index (χ3v) is 3.66. The Hall–Kier alpha value is -2.20. The lowest BCUT2D eigenvalue weighted by atomic mass is 10.1. The maximum Gasteiger partial charge on any atom is 0.328 e. The predicted molar refractivity (Wildman–Crippen MR) is 86.1 cm³/mol. The molecule has 0 bridgehead atoms. The zero-order valence-electron chi connectivity index (χ0n) is 11.9. The number of benzene rings is 2. The van der Waals surface area contributed by atoms with Gasteiger partial charge in [0.05, 0.1) is 0 Å². The highest BCUT2D eigenvalue weighted by molar-refractivity contribution is 7.98. The van der Waals surface area contributed by atoms with Gasteiger partial charge in [0.1, 0.15) is 11.5 Å². The minimum atomic E-state index is -0.967. The summed E-state index contributed by atoms with van der Waals surface area (Å²) in [7, 11) is 0. The monoisotopic (exact) mass is 300 g/mol. The van der Waals surface area contributed by atoms with Crippen LogP contribution in [-0.4, -0.2) is 17.3 Å². The van der Waals surface area contributed by atoms with Crippen molar-refractivity contribution in [2.75, 3.05) is 6.26 Å². The van der Waals surface area contributed by atoms with Crippen LogP contribution in [0.5, 0.6) is 11.5 Å². The Balaban J connectivity index is 2.21. The van der Waals surface area contributed by atoms with E-state index in [1.165, 1.54) is 4.90 Å². The fraction of sp³-hybridized carbons (Fsp3) is 0.118. The van der Waals surface area contributed by atoms with Crippen LogP contribution in [0.25, 0.3) is 6.08 Å².